The maximum Gasteiger partial charge on any atom is 0.274 e. The first-order valence-electron chi connectivity index (χ1n) is 10.2. The van der Waals surface area contributed by atoms with Gasteiger partial charge >= 0.3 is 0 Å². The molecule has 0 saturated heterocycles. The van der Waals surface area contributed by atoms with Gasteiger partial charge in [0.15, 0.2) is 0 Å². The molecule has 0 spiro atoms. The molecule has 0 radical (unpaired) electrons. The third-order valence-corrected chi connectivity index (χ3v) is 5.31. The number of aromatic nitrogens is 1. The number of ether oxygens (including phenoxy) is 2. The highest BCUT2D eigenvalue weighted by Crippen LogP contribution is 2.28. The summed E-state index contributed by atoms with van der Waals surface area (Å²) in [7, 11) is 3.10. The van der Waals surface area contributed by atoms with Crippen LogP contribution in [0, 0.1) is 0 Å². The largest absolute Gasteiger partial charge is 0.497 e. The molecule has 0 aliphatic rings. The van der Waals surface area contributed by atoms with Gasteiger partial charge in [-0.2, -0.15) is 0 Å². The fraction of sp³-hybridized carbons (Fsp3) is 0.120. The minimum atomic E-state index is -0.568. The molecule has 0 bridgehead atoms. The number of hydroxylamine groups is 1. The highest BCUT2D eigenvalue weighted by atomic mass is 16.5. The Morgan fingerprint density at radius 3 is 2.21 bits per heavy atom. The minimum absolute atomic E-state index is 0.254. The normalized spacial score (nSPS) is 10.6. The van der Waals surface area contributed by atoms with Crippen LogP contribution in [0.25, 0.3) is 10.9 Å². The molecule has 0 atom stereocenters. The van der Waals surface area contributed by atoms with Crippen LogP contribution < -0.4 is 20.3 Å². The number of para-hydroxylation sites is 1. The second-order valence-corrected chi connectivity index (χ2v) is 7.38. The van der Waals surface area contributed by atoms with E-state index in [0.29, 0.717) is 34.9 Å². The number of amides is 2. The van der Waals surface area contributed by atoms with Gasteiger partial charge in [0.05, 0.1) is 19.8 Å². The summed E-state index contributed by atoms with van der Waals surface area (Å²) in [5.74, 6) is 0.326. The Hall–Kier alpha value is -4.30. The number of nitrogens with one attached hydrogen (secondary N) is 2. The molecule has 8 nitrogen and oxygen atoms in total. The molecule has 0 aliphatic carbocycles. The van der Waals surface area contributed by atoms with Crippen LogP contribution in [0.4, 0.5) is 5.69 Å². The minimum Gasteiger partial charge on any atom is -0.497 e. The summed E-state index contributed by atoms with van der Waals surface area (Å²) in [6, 6.07) is 19.7. The number of fused-ring (bicyclic) bond motifs is 1. The van der Waals surface area contributed by atoms with E-state index in [1.165, 1.54) is 0 Å². The summed E-state index contributed by atoms with van der Waals surface area (Å²) in [4.78, 5) is 24.7. The first-order valence-corrected chi connectivity index (χ1v) is 10.2. The fourth-order valence-corrected chi connectivity index (χ4v) is 3.66. The van der Waals surface area contributed by atoms with E-state index in [-0.39, 0.29) is 5.91 Å². The van der Waals surface area contributed by atoms with Gasteiger partial charge < -0.3 is 19.4 Å². The molecule has 0 saturated carbocycles. The van der Waals surface area contributed by atoms with E-state index in [9.17, 15) is 9.59 Å². The molecule has 2 amide bonds. The van der Waals surface area contributed by atoms with Crippen molar-refractivity contribution in [2.75, 3.05) is 19.5 Å². The number of rotatable bonds is 7. The molecule has 0 fully saturated rings. The SMILES string of the molecule is COc1cc(NC(=O)c2cn(Cc3ccc(C(=O)NO)cc3)c3ccccc23)cc(OC)c1. The molecule has 4 aromatic rings. The molecular formula is C25H23N3O5. The molecule has 3 aromatic carbocycles. The second-order valence-electron chi connectivity index (χ2n) is 7.38. The molecule has 168 valence electrons. The lowest BCUT2D eigenvalue weighted by Crippen LogP contribution is -2.18. The maximum absolute atomic E-state index is 13.2. The van der Waals surface area contributed by atoms with Crippen molar-refractivity contribution >= 4 is 28.4 Å². The summed E-state index contributed by atoms with van der Waals surface area (Å²) in [6.07, 6.45) is 1.81. The molecule has 1 heterocycles. The van der Waals surface area contributed by atoms with E-state index in [1.807, 2.05) is 47.2 Å². The quantitative estimate of drug-likeness (QED) is 0.294. The Bertz CT molecular complexity index is 1290. The molecule has 33 heavy (non-hydrogen) atoms. The van der Waals surface area contributed by atoms with E-state index in [2.05, 4.69) is 5.32 Å². The zero-order valence-electron chi connectivity index (χ0n) is 18.2. The van der Waals surface area contributed by atoms with Gasteiger partial charge in [-0.3, -0.25) is 14.8 Å². The zero-order chi connectivity index (χ0) is 23.4. The van der Waals surface area contributed by atoms with Gasteiger partial charge in [0.25, 0.3) is 11.8 Å². The summed E-state index contributed by atoms with van der Waals surface area (Å²) >= 11 is 0. The first-order chi connectivity index (χ1) is 16.0. The number of hydrogen-bond acceptors (Lipinski definition) is 5. The molecule has 1 aromatic heterocycles. The number of hydrogen-bond donors (Lipinski definition) is 3. The summed E-state index contributed by atoms with van der Waals surface area (Å²) in [5.41, 5.74) is 4.91. The predicted molar refractivity (Wildman–Crippen MR) is 124 cm³/mol. The summed E-state index contributed by atoms with van der Waals surface area (Å²) < 4.78 is 12.5. The summed E-state index contributed by atoms with van der Waals surface area (Å²) in [5, 5.41) is 12.5. The topological polar surface area (TPSA) is 102 Å². The van der Waals surface area contributed by atoms with Crippen molar-refractivity contribution in [1.29, 1.82) is 0 Å². The number of carbonyl (C=O) groups excluding carboxylic acids is 2. The monoisotopic (exact) mass is 445 g/mol. The fourth-order valence-electron chi connectivity index (χ4n) is 3.66. The highest BCUT2D eigenvalue weighted by Gasteiger charge is 2.16. The van der Waals surface area contributed by atoms with Crippen molar-refractivity contribution < 1.29 is 24.3 Å². The lowest BCUT2D eigenvalue weighted by atomic mass is 10.1. The van der Waals surface area contributed by atoms with Gasteiger partial charge in [-0.25, -0.2) is 5.48 Å². The van der Waals surface area contributed by atoms with Crippen LogP contribution >= 0.6 is 0 Å². The van der Waals surface area contributed by atoms with Crippen molar-refractivity contribution in [2.24, 2.45) is 0 Å². The average Bonchev–Trinajstić information content (AvgIpc) is 3.22. The van der Waals surface area contributed by atoms with Gasteiger partial charge in [0, 0.05) is 53.1 Å². The lowest BCUT2D eigenvalue weighted by Gasteiger charge is -2.09. The van der Waals surface area contributed by atoms with E-state index >= 15 is 0 Å². The molecule has 3 N–H and O–H groups in total. The van der Waals surface area contributed by atoms with Gasteiger partial charge in [0.1, 0.15) is 11.5 Å². The zero-order valence-corrected chi connectivity index (χ0v) is 18.2. The van der Waals surface area contributed by atoms with Gasteiger partial charge in [-0.1, -0.05) is 30.3 Å². The molecule has 0 aliphatic heterocycles. The smallest absolute Gasteiger partial charge is 0.274 e. The van der Waals surface area contributed by atoms with Gasteiger partial charge in [-0.15, -0.1) is 0 Å². The third-order valence-electron chi connectivity index (χ3n) is 5.31. The van der Waals surface area contributed by atoms with Crippen LogP contribution in [0.1, 0.15) is 26.3 Å². The Morgan fingerprint density at radius 1 is 0.909 bits per heavy atom. The van der Waals surface area contributed by atoms with Crippen LogP contribution in [0.2, 0.25) is 0 Å². The van der Waals surface area contributed by atoms with Crippen LogP contribution in [-0.2, 0) is 6.54 Å². The molecular weight excluding hydrogens is 422 g/mol. The van der Waals surface area contributed by atoms with Crippen molar-refractivity contribution in [3.8, 4) is 11.5 Å². The van der Waals surface area contributed by atoms with Crippen molar-refractivity contribution in [2.45, 2.75) is 6.54 Å². The van der Waals surface area contributed by atoms with Gasteiger partial charge in [-0.05, 0) is 23.8 Å². The number of methoxy groups -OCH3 is 2. The molecule has 0 unspecified atom stereocenters. The lowest BCUT2D eigenvalue weighted by molar-refractivity contribution is 0.0706. The number of carbonyl (C=O) groups is 2. The van der Waals surface area contributed by atoms with E-state index in [0.717, 1.165) is 16.5 Å². The van der Waals surface area contributed by atoms with E-state index in [1.54, 1.807) is 50.0 Å². The number of nitrogens with zero attached hydrogens (tertiary/aromatic N) is 1. The summed E-state index contributed by atoms with van der Waals surface area (Å²) in [6.45, 7) is 0.502. The standard InChI is InChI=1S/C25H23N3O5/c1-32-19-11-18(12-20(13-19)33-2)26-25(30)22-15-28(23-6-4-3-5-21(22)23)14-16-7-9-17(10-8-16)24(29)27-31/h3-13,15,31H,14H2,1-2H3,(H,26,30)(H,27,29). The van der Waals surface area contributed by atoms with Gasteiger partial charge in [0.2, 0.25) is 0 Å². The highest BCUT2D eigenvalue weighted by molar-refractivity contribution is 6.13. The first kappa shape index (κ1) is 21.9. The second kappa shape index (κ2) is 9.46. The average molecular weight is 445 g/mol. The Kier molecular flexibility index (Phi) is 6.28. The van der Waals surface area contributed by atoms with Crippen LogP contribution in [0.3, 0.4) is 0 Å². The molecule has 4 rings (SSSR count). The maximum atomic E-state index is 13.2. The van der Waals surface area contributed by atoms with Crippen molar-refractivity contribution in [1.82, 2.24) is 10.0 Å². The Labute approximate surface area is 190 Å². The predicted octanol–water partition coefficient (Wildman–Crippen LogP) is 4.08. The Morgan fingerprint density at radius 2 is 1.58 bits per heavy atom. The van der Waals surface area contributed by atoms with E-state index in [4.69, 9.17) is 14.7 Å². The number of anilines is 1. The van der Waals surface area contributed by atoms with Crippen LogP contribution in [-0.4, -0.2) is 35.8 Å². The molecule has 8 heteroatoms. The van der Waals surface area contributed by atoms with Crippen LogP contribution in [0.15, 0.2) is 72.9 Å². The number of benzene rings is 3. The van der Waals surface area contributed by atoms with Crippen molar-refractivity contribution in [3.63, 3.8) is 0 Å². The van der Waals surface area contributed by atoms with E-state index < -0.39 is 5.91 Å². The van der Waals surface area contributed by atoms with Crippen LogP contribution in [0.5, 0.6) is 11.5 Å². The third kappa shape index (κ3) is 4.65. The Balaban J connectivity index is 1.63. The van der Waals surface area contributed by atoms with Crippen molar-refractivity contribution in [3.05, 3.63) is 89.6 Å².